The molecule has 0 unspecified atom stereocenters. The summed E-state index contributed by atoms with van der Waals surface area (Å²) in [6.45, 7) is 0.300. The van der Waals surface area contributed by atoms with Crippen molar-refractivity contribution >= 4 is 21.9 Å². The van der Waals surface area contributed by atoms with Crippen LogP contribution in [0.5, 0.6) is 0 Å². The molecule has 1 atom stereocenters. The number of rotatable bonds is 4. The Morgan fingerprint density at radius 2 is 1.56 bits per heavy atom. The van der Waals surface area contributed by atoms with Crippen LogP contribution in [0.25, 0.3) is 0 Å². The highest BCUT2D eigenvalue weighted by Crippen LogP contribution is 2.24. The fraction of sp³-hybridized carbons (Fsp3) is 0.133. The van der Waals surface area contributed by atoms with Crippen LogP contribution in [0.1, 0.15) is 16.0 Å². The van der Waals surface area contributed by atoms with E-state index in [1.807, 2.05) is 60.7 Å². The smallest absolute Gasteiger partial charge is 0.324 e. The van der Waals surface area contributed by atoms with E-state index >= 15 is 0 Å². The molecule has 0 saturated heterocycles. The number of carbonyl (C=O) groups excluding carboxylic acids is 1. The van der Waals surface area contributed by atoms with E-state index in [0.29, 0.717) is 6.61 Å². The summed E-state index contributed by atoms with van der Waals surface area (Å²) < 4.78 is 5.26. The van der Waals surface area contributed by atoms with E-state index in [1.165, 1.54) is 0 Å². The molecule has 0 N–H and O–H groups in total. The zero-order valence-electron chi connectivity index (χ0n) is 9.75. The Morgan fingerprint density at radius 1 is 1.00 bits per heavy atom. The zero-order valence-corrected chi connectivity index (χ0v) is 11.3. The van der Waals surface area contributed by atoms with Gasteiger partial charge in [0.1, 0.15) is 11.4 Å². The van der Waals surface area contributed by atoms with Crippen molar-refractivity contribution in [1.29, 1.82) is 0 Å². The van der Waals surface area contributed by atoms with E-state index in [-0.39, 0.29) is 5.97 Å². The van der Waals surface area contributed by atoms with Gasteiger partial charge in [0.2, 0.25) is 0 Å². The van der Waals surface area contributed by atoms with Crippen molar-refractivity contribution in [2.75, 3.05) is 0 Å². The van der Waals surface area contributed by atoms with Crippen molar-refractivity contribution in [2.24, 2.45) is 0 Å². The number of benzene rings is 2. The number of ether oxygens (including phenoxy) is 1. The molecule has 0 radical (unpaired) electrons. The third kappa shape index (κ3) is 3.44. The second-order valence-corrected chi connectivity index (χ2v) is 4.78. The van der Waals surface area contributed by atoms with Crippen molar-refractivity contribution in [3.63, 3.8) is 0 Å². The molecule has 0 amide bonds. The van der Waals surface area contributed by atoms with Gasteiger partial charge in [-0.05, 0) is 11.1 Å². The van der Waals surface area contributed by atoms with Crippen molar-refractivity contribution in [1.82, 2.24) is 0 Å². The molecule has 0 aromatic heterocycles. The Hall–Kier alpha value is -1.61. The molecule has 3 heteroatoms. The highest BCUT2D eigenvalue weighted by molar-refractivity contribution is 9.09. The topological polar surface area (TPSA) is 26.3 Å². The van der Waals surface area contributed by atoms with Gasteiger partial charge in [0.15, 0.2) is 0 Å². The minimum atomic E-state index is -0.414. The molecule has 0 spiro atoms. The van der Waals surface area contributed by atoms with Gasteiger partial charge in [0.05, 0.1) is 0 Å². The maximum atomic E-state index is 11.8. The molecule has 2 aromatic carbocycles. The van der Waals surface area contributed by atoms with E-state index in [9.17, 15) is 4.79 Å². The van der Waals surface area contributed by atoms with Gasteiger partial charge < -0.3 is 4.74 Å². The number of hydrogen-bond acceptors (Lipinski definition) is 2. The summed E-state index contributed by atoms with van der Waals surface area (Å²) in [6, 6.07) is 19.1. The van der Waals surface area contributed by atoms with E-state index in [2.05, 4.69) is 15.9 Å². The van der Waals surface area contributed by atoms with Crippen LogP contribution in [0.15, 0.2) is 60.7 Å². The normalized spacial score (nSPS) is 11.8. The SMILES string of the molecule is O=C(OCc1ccccc1)[C@H](Br)c1ccccc1. The third-order valence-electron chi connectivity index (χ3n) is 2.52. The highest BCUT2D eigenvalue weighted by Gasteiger charge is 2.18. The molecular formula is C15H13BrO2. The van der Waals surface area contributed by atoms with E-state index in [0.717, 1.165) is 11.1 Å². The Morgan fingerprint density at radius 3 is 2.17 bits per heavy atom. The molecule has 2 nitrogen and oxygen atoms in total. The van der Waals surface area contributed by atoms with Gasteiger partial charge >= 0.3 is 5.97 Å². The van der Waals surface area contributed by atoms with Crippen molar-refractivity contribution in [3.05, 3.63) is 71.8 Å². The van der Waals surface area contributed by atoms with Crippen LogP contribution in [-0.2, 0) is 16.1 Å². The monoisotopic (exact) mass is 304 g/mol. The molecule has 18 heavy (non-hydrogen) atoms. The number of hydrogen-bond donors (Lipinski definition) is 0. The van der Waals surface area contributed by atoms with Gasteiger partial charge in [0, 0.05) is 0 Å². The summed E-state index contributed by atoms with van der Waals surface area (Å²) in [5.41, 5.74) is 1.88. The second-order valence-electron chi connectivity index (χ2n) is 3.87. The van der Waals surface area contributed by atoms with Crippen molar-refractivity contribution < 1.29 is 9.53 Å². The molecule has 0 aliphatic heterocycles. The van der Waals surface area contributed by atoms with Gasteiger partial charge in [-0.15, -0.1) is 0 Å². The molecule has 0 fully saturated rings. The third-order valence-corrected chi connectivity index (χ3v) is 3.43. The van der Waals surface area contributed by atoms with Crippen LogP contribution >= 0.6 is 15.9 Å². The Balaban J connectivity index is 1.93. The molecule has 2 aromatic rings. The van der Waals surface area contributed by atoms with Gasteiger partial charge in [-0.2, -0.15) is 0 Å². The first-order valence-electron chi connectivity index (χ1n) is 5.67. The number of esters is 1. The van der Waals surface area contributed by atoms with Crippen LogP contribution in [0.3, 0.4) is 0 Å². The zero-order chi connectivity index (χ0) is 12.8. The number of alkyl halides is 1. The predicted octanol–water partition coefficient (Wildman–Crippen LogP) is 3.87. The lowest BCUT2D eigenvalue weighted by Crippen LogP contribution is -2.10. The lowest BCUT2D eigenvalue weighted by Gasteiger charge is -2.10. The number of halogens is 1. The number of carbonyl (C=O) groups is 1. The summed E-state index contributed by atoms with van der Waals surface area (Å²) in [6.07, 6.45) is 0. The quantitative estimate of drug-likeness (QED) is 0.633. The lowest BCUT2D eigenvalue weighted by molar-refractivity contribution is -0.144. The summed E-state index contributed by atoms with van der Waals surface area (Å²) in [5, 5.41) is 0. The molecular weight excluding hydrogens is 292 g/mol. The van der Waals surface area contributed by atoms with Crippen LogP contribution in [0.4, 0.5) is 0 Å². The second kappa shape index (κ2) is 6.36. The Kier molecular flexibility index (Phi) is 4.53. The summed E-state index contributed by atoms with van der Waals surface area (Å²) in [5.74, 6) is -0.273. The standard InChI is InChI=1S/C15H13BrO2/c16-14(13-9-5-2-6-10-13)15(17)18-11-12-7-3-1-4-8-12/h1-10,14H,11H2/t14-/m1/s1. The lowest BCUT2D eigenvalue weighted by atomic mass is 10.1. The van der Waals surface area contributed by atoms with Gasteiger partial charge in [-0.25, -0.2) is 0 Å². The molecule has 0 aliphatic carbocycles. The first-order valence-corrected chi connectivity index (χ1v) is 6.58. The first kappa shape index (κ1) is 12.8. The minimum absolute atomic E-state index is 0.273. The van der Waals surface area contributed by atoms with Crippen LogP contribution in [-0.4, -0.2) is 5.97 Å². The van der Waals surface area contributed by atoms with Gasteiger partial charge in [0.25, 0.3) is 0 Å². The predicted molar refractivity (Wildman–Crippen MR) is 74.3 cm³/mol. The van der Waals surface area contributed by atoms with Gasteiger partial charge in [-0.1, -0.05) is 76.6 Å². The van der Waals surface area contributed by atoms with Crippen LogP contribution in [0.2, 0.25) is 0 Å². The van der Waals surface area contributed by atoms with Crippen molar-refractivity contribution in [2.45, 2.75) is 11.4 Å². The Bertz CT molecular complexity index is 496. The summed E-state index contributed by atoms with van der Waals surface area (Å²) in [4.78, 5) is 11.4. The maximum absolute atomic E-state index is 11.8. The summed E-state index contributed by atoms with van der Waals surface area (Å²) >= 11 is 3.35. The fourth-order valence-electron chi connectivity index (χ4n) is 1.56. The Labute approximate surface area is 115 Å². The highest BCUT2D eigenvalue weighted by atomic mass is 79.9. The van der Waals surface area contributed by atoms with Crippen LogP contribution in [0, 0.1) is 0 Å². The van der Waals surface area contributed by atoms with Gasteiger partial charge in [-0.3, -0.25) is 4.79 Å². The van der Waals surface area contributed by atoms with Crippen LogP contribution < -0.4 is 0 Å². The molecule has 92 valence electrons. The molecule has 0 aliphatic rings. The van der Waals surface area contributed by atoms with Crippen molar-refractivity contribution in [3.8, 4) is 0 Å². The minimum Gasteiger partial charge on any atom is -0.460 e. The van der Waals surface area contributed by atoms with E-state index in [4.69, 9.17) is 4.74 Å². The maximum Gasteiger partial charge on any atom is 0.324 e. The average Bonchev–Trinajstić information content (AvgIpc) is 2.46. The molecule has 0 saturated carbocycles. The van der Waals surface area contributed by atoms with E-state index in [1.54, 1.807) is 0 Å². The summed E-state index contributed by atoms with van der Waals surface area (Å²) in [7, 11) is 0. The fourth-order valence-corrected chi connectivity index (χ4v) is 2.00. The molecule has 0 bridgehead atoms. The first-order chi connectivity index (χ1) is 8.77. The largest absolute Gasteiger partial charge is 0.460 e. The molecule has 0 heterocycles. The molecule has 2 rings (SSSR count). The van der Waals surface area contributed by atoms with E-state index < -0.39 is 4.83 Å². The average molecular weight is 305 g/mol.